The quantitative estimate of drug-likeness (QED) is 0.644. The molecule has 1 fully saturated rings. The normalized spacial score (nSPS) is 13.6. The molecule has 2 aromatic rings. The third-order valence-electron chi connectivity index (χ3n) is 3.46. The fourth-order valence-corrected chi connectivity index (χ4v) is 2.95. The van der Waals surface area contributed by atoms with Crippen molar-refractivity contribution in [2.24, 2.45) is 0 Å². The summed E-state index contributed by atoms with van der Waals surface area (Å²) in [4.78, 5) is 27.2. The van der Waals surface area contributed by atoms with E-state index in [2.05, 4.69) is 10.3 Å². The minimum atomic E-state index is -0.559. The van der Waals surface area contributed by atoms with Crippen molar-refractivity contribution in [2.75, 3.05) is 11.9 Å². The molecule has 1 aliphatic carbocycles. The number of nitro groups is 1. The number of anilines is 1. The minimum absolute atomic E-state index is 0.152. The maximum Gasteiger partial charge on any atom is 0.311 e. The lowest BCUT2D eigenvalue weighted by molar-refractivity contribution is -0.385. The lowest BCUT2D eigenvalue weighted by atomic mass is 10.1. The second-order valence-corrected chi connectivity index (χ2v) is 6.04. The Bertz CT molecular complexity index is 755. The van der Waals surface area contributed by atoms with Crippen molar-refractivity contribution in [1.29, 1.82) is 0 Å². The zero-order valence-corrected chi connectivity index (χ0v) is 13.3. The molecule has 0 radical (unpaired) electrons. The molecular weight excluding hydrogens is 318 g/mol. The number of carbonyl (C=O) groups is 1. The van der Waals surface area contributed by atoms with E-state index in [4.69, 9.17) is 4.74 Å². The van der Waals surface area contributed by atoms with Crippen molar-refractivity contribution in [1.82, 2.24) is 4.98 Å². The number of rotatable bonds is 6. The average Bonchev–Trinajstić information content (AvgIpc) is 3.28. The van der Waals surface area contributed by atoms with E-state index < -0.39 is 10.8 Å². The molecule has 23 heavy (non-hydrogen) atoms. The molecule has 8 heteroatoms. The summed E-state index contributed by atoms with van der Waals surface area (Å²) in [6.07, 6.45) is 2.28. The van der Waals surface area contributed by atoms with Gasteiger partial charge in [0.05, 0.1) is 17.2 Å². The summed E-state index contributed by atoms with van der Waals surface area (Å²) < 4.78 is 5.20. The zero-order valence-electron chi connectivity index (χ0n) is 12.4. The van der Waals surface area contributed by atoms with Crippen LogP contribution >= 0.6 is 11.3 Å². The van der Waals surface area contributed by atoms with Crippen LogP contribution in [-0.4, -0.2) is 22.4 Å². The predicted molar refractivity (Wildman–Crippen MR) is 86.3 cm³/mol. The van der Waals surface area contributed by atoms with Crippen LogP contribution < -0.4 is 10.1 Å². The van der Waals surface area contributed by atoms with Gasteiger partial charge < -0.3 is 4.74 Å². The largest absolute Gasteiger partial charge is 0.487 e. The fraction of sp³-hybridized carbons (Fsp3) is 0.333. The maximum absolute atomic E-state index is 12.2. The van der Waals surface area contributed by atoms with Crippen LogP contribution in [0.15, 0.2) is 23.6 Å². The van der Waals surface area contributed by atoms with Gasteiger partial charge in [-0.3, -0.25) is 20.2 Å². The van der Waals surface area contributed by atoms with E-state index in [1.54, 1.807) is 6.92 Å². The van der Waals surface area contributed by atoms with Gasteiger partial charge in [0, 0.05) is 22.9 Å². The Morgan fingerprint density at radius 2 is 2.30 bits per heavy atom. The third kappa shape index (κ3) is 3.48. The zero-order chi connectivity index (χ0) is 16.4. The standard InChI is InChI=1S/C15H15N3O4S/c1-2-22-13-6-5-10(7-12(13)18(20)21)14(19)17-15-16-11(8-23-15)9-3-4-9/h5-9H,2-4H2,1H3,(H,16,17,19). The van der Waals surface area contributed by atoms with Gasteiger partial charge in [-0.2, -0.15) is 0 Å². The molecule has 1 aromatic carbocycles. The molecule has 0 saturated heterocycles. The van der Waals surface area contributed by atoms with Crippen LogP contribution in [0.3, 0.4) is 0 Å². The maximum atomic E-state index is 12.2. The van der Waals surface area contributed by atoms with Gasteiger partial charge in [-0.25, -0.2) is 4.98 Å². The van der Waals surface area contributed by atoms with Crippen LogP contribution in [0.5, 0.6) is 5.75 Å². The van der Waals surface area contributed by atoms with Gasteiger partial charge in [-0.1, -0.05) is 0 Å². The van der Waals surface area contributed by atoms with E-state index in [0.717, 1.165) is 18.5 Å². The van der Waals surface area contributed by atoms with Gasteiger partial charge in [0.1, 0.15) is 0 Å². The van der Waals surface area contributed by atoms with Crippen LogP contribution in [0.2, 0.25) is 0 Å². The molecular formula is C15H15N3O4S. The summed E-state index contributed by atoms with van der Waals surface area (Å²) in [5.41, 5.74) is 0.976. The number of hydrogen-bond acceptors (Lipinski definition) is 6. The number of nitrogens with one attached hydrogen (secondary N) is 1. The topological polar surface area (TPSA) is 94.4 Å². The molecule has 1 aliphatic rings. The molecule has 1 heterocycles. The minimum Gasteiger partial charge on any atom is -0.487 e. The highest BCUT2D eigenvalue weighted by Crippen LogP contribution is 2.41. The van der Waals surface area contributed by atoms with Crippen LogP contribution in [0.1, 0.15) is 41.7 Å². The number of aromatic nitrogens is 1. The SMILES string of the molecule is CCOc1ccc(C(=O)Nc2nc(C3CC3)cs2)cc1[N+](=O)[O-]. The molecule has 0 aliphatic heterocycles. The summed E-state index contributed by atoms with van der Waals surface area (Å²) in [5, 5.41) is 16.2. The van der Waals surface area contributed by atoms with E-state index in [1.807, 2.05) is 5.38 Å². The summed E-state index contributed by atoms with van der Waals surface area (Å²) in [6, 6.07) is 4.16. The van der Waals surface area contributed by atoms with E-state index in [0.29, 0.717) is 17.7 Å². The third-order valence-corrected chi connectivity index (χ3v) is 4.23. The molecule has 3 rings (SSSR count). The highest BCUT2D eigenvalue weighted by Gasteiger charge is 2.26. The highest BCUT2D eigenvalue weighted by atomic mass is 32.1. The number of amides is 1. The fourth-order valence-electron chi connectivity index (χ4n) is 2.16. The van der Waals surface area contributed by atoms with Crippen molar-refractivity contribution < 1.29 is 14.5 Å². The lowest BCUT2D eigenvalue weighted by Gasteiger charge is -2.06. The first-order valence-corrected chi connectivity index (χ1v) is 8.14. The summed E-state index contributed by atoms with van der Waals surface area (Å²) in [7, 11) is 0. The van der Waals surface area contributed by atoms with E-state index in [1.165, 1.54) is 29.5 Å². The van der Waals surface area contributed by atoms with E-state index in [-0.39, 0.29) is 17.0 Å². The Morgan fingerprint density at radius 3 is 2.96 bits per heavy atom. The number of benzene rings is 1. The van der Waals surface area contributed by atoms with Crippen molar-refractivity contribution >= 4 is 28.1 Å². The number of carbonyl (C=O) groups excluding carboxylic acids is 1. The molecule has 1 saturated carbocycles. The average molecular weight is 333 g/mol. The van der Waals surface area contributed by atoms with Gasteiger partial charge >= 0.3 is 5.69 Å². The molecule has 1 aromatic heterocycles. The van der Waals surface area contributed by atoms with Gasteiger partial charge in [-0.15, -0.1) is 11.3 Å². The second-order valence-electron chi connectivity index (χ2n) is 5.18. The van der Waals surface area contributed by atoms with Gasteiger partial charge in [-0.05, 0) is 31.9 Å². The van der Waals surface area contributed by atoms with Gasteiger partial charge in [0.2, 0.25) is 0 Å². The highest BCUT2D eigenvalue weighted by molar-refractivity contribution is 7.14. The summed E-state index contributed by atoms with van der Waals surface area (Å²) in [5.74, 6) is 0.246. The number of thiazole rings is 1. The number of nitro benzene ring substituents is 1. The predicted octanol–water partition coefficient (Wildman–Crippen LogP) is 3.58. The van der Waals surface area contributed by atoms with Crippen LogP contribution in [0, 0.1) is 10.1 Å². The Labute approximate surface area is 136 Å². The monoisotopic (exact) mass is 333 g/mol. The lowest BCUT2D eigenvalue weighted by Crippen LogP contribution is -2.12. The molecule has 120 valence electrons. The number of ether oxygens (including phenoxy) is 1. The Kier molecular flexibility index (Phi) is 4.24. The Morgan fingerprint density at radius 1 is 1.52 bits per heavy atom. The molecule has 1 N–H and O–H groups in total. The van der Waals surface area contributed by atoms with E-state index in [9.17, 15) is 14.9 Å². The van der Waals surface area contributed by atoms with E-state index >= 15 is 0 Å². The molecule has 0 unspecified atom stereocenters. The number of nitrogens with zero attached hydrogens (tertiary/aromatic N) is 2. The first-order valence-electron chi connectivity index (χ1n) is 7.26. The van der Waals surface area contributed by atoms with Crippen molar-refractivity contribution in [2.45, 2.75) is 25.7 Å². The summed E-state index contributed by atoms with van der Waals surface area (Å²) in [6.45, 7) is 2.06. The van der Waals surface area contributed by atoms with Crippen LogP contribution in [-0.2, 0) is 0 Å². The first-order chi connectivity index (χ1) is 11.1. The van der Waals surface area contributed by atoms with Gasteiger partial charge in [0.15, 0.2) is 10.9 Å². The van der Waals surface area contributed by atoms with Crippen LogP contribution in [0.25, 0.3) is 0 Å². The van der Waals surface area contributed by atoms with Crippen molar-refractivity contribution in [3.8, 4) is 5.75 Å². The smallest absolute Gasteiger partial charge is 0.311 e. The van der Waals surface area contributed by atoms with Crippen LogP contribution in [0.4, 0.5) is 10.8 Å². The molecule has 0 atom stereocenters. The molecule has 0 bridgehead atoms. The van der Waals surface area contributed by atoms with Crippen molar-refractivity contribution in [3.05, 3.63) is 45.0 Å². The van der Waals surface area contributed by atoms with Gasteiger partial charge in [0.25, 0.3) is 5.91 Å². The Balaban J connectivity index is 1.77. The molecule has 7 nitrogen and oxygen atoms in total. The first kappa shape index (κ1) is 15.4. The number of hydrogen-bond donors (Lipinski definition) is 1. The van der Waals surface area contributed by atoms with Crippen molar-refractivity contribution in [3.63, 3.8) is 0 Å². The molecule has 0 spiro atoms. The summed E-state index contributed by atoms with van der Waals surface area (Å²) >= 11 is 1.36. The molecule has 1 amide bonds. The second kappa shape index (κ2) is 6.33. The Hall–Kier alpha value is -2.48.